The zero-order valence-electron chi connectivity index (χ0n) is 12.3. The average molecular weight is 315 g/mol. The van der Waals surface area contributed by atoms with E-state index in [4.69, 9.17) is 15.6 Å². The van der Waals surface area contributed by atoms with Crippen molar-refractivity contribution in [3.63, 3.8) is 0 Å². The summed E-state index contributed by atoms with van der Waals surface area (Å²) in [6.07, 6.45) is -2.76. The minimum atomic E-state index is -2.04. The molecular formula is C13H18FN3O5. The van der Waals surface area contributed by atoms with Gasteiger partial charge in [-0.05, 0) is 13.8 Å². The van der Waals surface area contributed by atoms with E-state index in [0.717, 1.165) is 17.9 Å². The number of nitrogens with zero attached hydrogens (tertiary/aromatic N) is 2. The van der Waals surface area contributed by atoms with Crippen LogP contribution in [0.25, 0.3) is 0 Å². The fraction of sp³-hybridized carbons (Fsp3) is 0.538. The Bertz CT molecular complexity index is 653. The predicted octanol–water partition coefficient (Wildman–Crippen LogP) is -1.39. The molecular weight excluding hydrogens is 297 g/mol. The van der Waals surface area contributed by atoms with Crippen molar-refractivity contribution in [2.24, 2.45) is 0 Å². The molecule has 1 saturated heterocycles. The Balaban J connectivity index is 0.00000116. The summed E-state index contributed by atoms with van der Waals surface area (Å²) < 4.78 is 19.5. The van der Waals surface area contributed by atoms with E-state index in [-0.39, 0.29) is 0 Å². The standard InChI is InChI=1S/C12H14FN3O4.CH4O/c1-3-4-12(19)8(17)6(2)20-10(12)16-5-7(13)9(14)15-11(16)18;1-2/h5-6,8,10,17,19H,1-2H3,(H2,14,15,18);2H,1H3. The van der Waals surface area contributed by atoms with Crippen molar-refractivity contribution in [1.29, 1.82) is 0 Å². The maximum atomic E-state index is 13.5. The van der Waals surface area contributed by atoms with Gasteiger partial charge in [0.2, 0.25) is 0 Å². The molecule has 0 aromatic carbocycles. The van der Waals surface area contributed by atoms with Crippen LogP contribution in [-0.4, -0.2) is 49.8 Å². The quantitative estimate of drug-likeness (QED) is 0.469. The van der Waals surface area contributed by atoms with E-state index in [2.05, 4.69) is 16.8 Å². The minimum absolute atomic E-state index is 0.553. The highest BCUT2D eigenvalue weighted by Gasteiger charge is 2.54. The van der Waals surface area contributed by atoms with Crippen LogP contribution in [0, 0.1) is 17.7 Å². The van der Waals surface area contributed by atoms with E-state index in [0.29, 0.717) is 0 Å². The third-order valence-electron chi connectivity index (χ3n) is 3.13. The molecule has 0 spiro atoms. The summed E-state index contributed by atoms with van der Waals surface area (Å²) in [5, 5.41) is 27.4. The summed E-state index contributed by atoms with van der Waals surface area (Å²) in [4.78, 5) is 15.1. The zero-order valence-corrected chi connectivity index (χ0v) is 12.3. The minimum Gasteiger partial charge on any atom is -0.400 e. The summed E-state index contributed by atoms with van der Waals surface area (Å²) in [5.41, 5.74) is 2.24. The molecule has 2 heterocycles. The van der Waals surface area contributed by atoms with E-state index in [1.165, 1.54) is 13.8 Å². The highest BCUT2D eigenvalue weighted by atomic mass is 19.1. The van der Waals surface area contributed by atoms with Gasteiger partial charge in [-0.3, -0.25) is 4.57 Å². The average Bonchev–Trinajstić information content (AvgIpc) is 2.70. The monoisotopic (exact) mass is 315 g/mol. The molecule has 0 saturated carbocycles. The van der Waals surface area contributed by atoms with Gasteiger partial charge >= 0.3 is 5.69 Å². The van der Waals surface area contributed by atoms with Crippen molar-refractivity contribution >= 4 is 5.82 Å². The molecule has 0 aliphatic carbocycles. The molecule has 1 aromatic rings. The van der Waals surface area contributed by atoms with Gasteiger partial charge in [0.25, 0.3) is 0 Å². The number of hydrogen-bond donors (Lipinski definition) is 4. The van der Waals surface area contributed by atoms with Gasteiger partial charge in [-0.25, -0.2) is 9.18 Å². The van der Waals surface area contributed by atoms with Crippen molar-refractivity contribution in [3.05, 3.63) is 22.5 Å². The lowest BCUT2D eigenvalue weighted by molar-refractivity contribution is -0.0718. The van der Waals surface area contributed by atoms with Gasteiger partial charge in [0, 0.05) is 7.11 Å². The zero-order chi connectivity index (χ0) is 17.1. The maximum Gasteiger partial charge on any atom is 0.351 e. The number of aromatic nitrogens is 2. The van der Waals surface area contributed by atoms with Crippen molar-refractivity contribution < 1.29 is 24.4 Å². The van der Waals surface area contributed by atoms with Gasteiger partial charge in [0.15, 0.2) is 23.5 Å². The van der Waals surface area contributed by atoms with Crippen LogP contribution < -0.4 is 11.4 Å². The van der Waals surface area contributed by atoms with Gasteiger partial charge in [0.05, 0.1) is 12.3 Å². The van der Waals surface area contributed by atoms with E-state index < -0.39 is 41.4 Å². The SMILES string of the molecule is CC#CC1(O)C(O)C(C)OC1n1cc(F)c(N)nc1=O.CO. The predicted molar refractivity (Wildman–Crippen MR) is 75.0 cm³/mol. The largest absolute Gasteiger partial charge is 0.400 e. The van der Waals surface area contributed by atoms with Crippen LogP contribution in [0.4, 0.5) is 10.2 Å². The lowest BCUT2D eigenvalue weighted by atomic mass is 9.95. The van der Waals surface area contributed by atoms with Crippen LogP contribution in [0.1, 0.15) is 20.1 Å². The second kappa shape index (κ2) is 6.85. The Hall–Kier alpha value is -1.99. The molecule has 122 valence electrons. The van der Waals surface area contributed by atoms with Crippen LogP contribution in [0.15, 0.2) is 11.0 Å². The normalized spacial score (nSPS) is 30.0. The third kappa shape index (κ3) is 2.95. The van der Waals surface area contributed by atoms with Gasteiger partial charge in [-0.2, -0.15) is 4.98 Å². The number of nitrogen functional groups attached to an aromatic ring is 1. The first-order chi connectivity index (χ1) is 10.3. The molecule has 9 heteroatoms. The highest BCUT2D eigenvalue weighted by Crippen LogP contribution is 2.37. The molecule has 1 fully saturated rings. The summed E-state index contributed by atoms with van der Waals surface area (Å²) in [5.74, 6) is 3.36. The van der Waals surface area contributed by atoms with Crippen molar-refractivity contribution in [2.75, 3.05) is 12.8 Å². The topological polar surface area (TPSA) is 131 Å². The number of ether oxygens (including phenoxy) is 1. The second-order valence-corrected chi connectivity index (χ2v) is 4.50. The molecule has 0 bridgehead atoms. The molecule has 4 atom stereocenters. The Labute approximate surface area is 126 Å². The van der Waals surface area contributed by atoms with Gasteiger partial charge in [0.1, 0.15) is 6.10 Å². The molecule has 0 amide bonds. The molecule has 1 aliphatic rings. The van der Waals surface area contributed by atoms with Crippen LogP contribution >= 0.6 is 0 Å². The molecule has 5 N–H and O–H groups in total. The molecule has 22 heavy (non-hydrogen) atoms. The molecule has 1 aromatic heterocycles. The number of rotatable bonds is 1. The number of nitrogens with two attached hydrogens (primary N) is 1. The van der Waals surface area contributed by atoms with Crippen molar-refractivity contribution in [1.82, 2.24) is 9.55 Å². The summed E-state index contributed by atoms with van der Waals surface area (Å²) in [6.45, 7) is 2.95. The Morgan fingerprint density at radius 2 is 2.14 bits per heavy atom. The number of anilines is 1. The maximum absolute atomic E-state index is 13.5. The Morgan fingerprint density at radius 3 is 2.68 bits per heavy atom. The first-order valence-electron chi connectivity index (χ1n) is 6.30. The van der Waals surface area contributed by atoms with Crippen LogP contribution in [0.5, 0.6) is 0 Å². The molecule has 8 nitrogen and oxygen atoms in total. The molecule has 1 aliphatic heterocycles. The fourth-order valence-electron chi connectivity index (χ4n) is 2.12. The van der Waals surface area contributed by atoms with Crippen molar-refractivity contribution in [3.8, 4) is 11.8 Å². The van der Waals surface area contributed by atoms with Gasteiger partial charge in [-0.15, -0.1) is 5.92 Å². The fourth-order valence-corrected chi connectivity index (χ4v) is 2.12. The van der Waals surface area contributed by atoms with Crippen LogP contribution in [0.3, 0.4) is 0 Å². The van der Waals surface area contributed by atoms with Gasteiger partial charge in [-0.1, -0.05) is 5.92 Å². The Kier molecular flexibility index (Phi) is 5.62. The lowest BCUT2D eigenvalue weighted by Gasteiger charge is -2.26. The first-order valence-corrected chi connectivity index (χ1v) is 6.30. The molecule has 0 radical (unpaired) electrons. The van der Waals surface area contributed by atoms with Crippen LogP contribution in [-0.2, 0) is 4.74 Å². The lowest BCUT2D eigenvalue weighted by Crippen LogP contribution is -2.47. The number of aliphatic hydroxyl groups excluding tert-OH is 2. The summed E-state index contributed by atoms with van der Waals surface area (Å²) >= 11 is 0. The highest BCUT2D eigenvalue weighted by molar-refractivity contribution is 5.28. The number of halogens is 1. The smallest absolute Gasteiger partial charge is 0.351 e. The summed E-state index contributed by atoms with van der Waals surface area (Å²) in [6, 6.07) is 0. The molecule has 2 rings (SSSR count). The summed E-state index contributed by atoms with van der Waals surface area (Å²) in [7, 11) is 1.00. The van der Waals surface area contributed by atoms with E-state index in [1.807, 2.05) is 0 Å². The first kappa shape index (κ1) is 18.1. The van der Waals surface area contributed by atoms with Crippen LogP contribution in [0.2, 0.25) is 0 Å². The number of aliphatic hydroxyl groups is 3. The molecule has 4 unspecified atom stereocenters. The van der Waals surface area contributed by atoms with Gasteiger partial charge < -0.3 is 25.8 Å². The number of hydrogen-bond acceptors (Lipinski definition) is 7. The second-order valence-electron chi connectivity index (χ2n) is 4.50. The Morgan fingerprint density at radius 1 is 1.55 bits per heavy atom. The van der Waals surface area contributed by atoms with Crippen molar-refractivity contribution in [2.45, 2.75) is 37.9 Å². The van der Waals surface area contributed by atoms with E-state index in [9.17, 15) is 19.4 Å². The third-order valence-corrected chi connectivity index (χ3v) is 3.13. The van der Waals surface area contributed by atoms with E-state index in [1.54, 1.807) is 0 Å². The van der Waals surface area contributed by atoms with E-state index >= 15 is 0 Å².